The minimum Gasteiger partial charge on any atom is -0.298 e. The average molecular weight is 241 g/mol. The summed E-state index contributed by atoms with van der Waals surface area (Å²) in [5.41, 5.74) is 2.16. The number of hydrogen-bond donors (Lipinski definition) is 0. The Morgan fingerprint density at radius 1 is 1.00 bits per heavy atom. The monoisotopic (exact) mass is 240 g/mol. The second kappa shape index (κ2) is 5.34. The number of aldehydes is 1. The Hall–Kier alpha value is -2.04. The van der Waals surface area contributed by atoms with E-state index in [1.807, 2.05) is 30.3 Å². The SMILES string of the molecule is O=Cc1ccccc1C#Cc1cccc(Cl)c1. The van der Waals surface area contributed by atoms with Gasteiger partial charge in [0.1, 0.15) is 0 Å². The van der Waals surface area contributed by atoms with Gasteiger partial charge in [-0.15, -0.1) is 0 Å². The fraction of sp³-hybridized carbons (Fsp3) is 0. The van der Waals surface area contributed by atoms with Crippen molar-refractivity contribution in [1.29, 1.82) is 0 Å². The number of halogens is 1. The predicted octanol–water partition coefficient (Wildman–Crippen LogP) is 3.55. The highest BCUT2D eigenvalue weighted by atomic mass is 35.5. The first-order valence-electron chi connectivity index (χ1n) is 5.11. The second-order valence-corrected chi connectivity index (χ2v) is 3.90. The summed E-state index contributed by atoms with van der Waals surface area (Å²) >= 11 is 5.86. The molecule has 0 aromatic heterocycles. The van der Waals surface area contributed by atoms with Crippen molar-refractivity contribution in [3.8, 4) is 11.8 Å². The van der Waals surface area contributed by atoms with Gasteiger partial charge in [-0.3, -0.25) is 4.79 Å². The van der Waals surface area contributed by atoms with Crippen LogP contribution in [0.4, 0.5) is 0 Å². The average Bonchev–Trinajstić information content (AvgIpc) is 2.37. The van der Waals surface area contributed by atoms with Crippen molar-refractivity contribution in [3.63, 3.8) is 0 Å². The molecule has 0 N–H and O–H groups in total. The van der Waals surface area contributed by atoms with Gasteiger partial charge in [-0.05, 0) is 24.3 Å². The molecular formula is C15H9ClO. The standard InChI is InChI=1S/C15H9ClO/c16-15-7-3-4-12(10-15)8-9-13-5-1-2-6-14(13)11-17/h1-7,10-11H. The molecule has 0 aliphatic heterocycles. The first kappa shape index (κ1) is 11.4. The van der Waals surface area contributed by atoms with Gasteiger partial charge >= 0.3 is 0 Å². The van der Waals surface area contributed by atoms with Crippen LogP contribution in [0.3, 0.4) is 0 Å². The van der Waals surface area contributed by atoms with E-state index in [1.165, 1.54) is 0 Å². The highest BCUT2D eigenvalue weighted by Crippen LogP contribution is 2.10. The van der Waals surface area contributed by atoms with Crippen LogP contribution in [-0.4, -0.2) is 6.29 Å². The van der Waals surface area contributed by atoms with Crippen molar-refractivity contribution >= 4 is 17.9 Å². The Bertz CT molecular complexity index is 606. The third kappa shape index (κ3) is 2.96. The molecule has 0 bridgehead atoms. The molecule has 2 aromatic carbocycles. The van der Waals surface area contributed by atoms with E-state index in [9.17, 15) is 4.79 Å². The molecule has 2 rings (SSSR count). The van der Waals surface area contributed by atoms with Gasteiger partial charge in [0.25, 0.3) is 0 Å². The molecule has 0 atom stereocenters. The summed E-state index contributed by atoms with van der Waals surface area (Å²) in [5.74, 6) is 5.95. The zero-order chi connectivity index (χ0) is 12.1. The van der Waals surface area contributed by atoms with Crippen molar-refractivity contribution in [2.75, 3.05) is 0 Å². The van der Waals surface area contributed by atoms with Crippen LogP contribution in [0.1, 0.15) is 21.5 Å². The molecule has 2 heteroatoms. The molecule has 0 aliphatic rings. The van der Waals surface area contributed by atoms with Gasteiger partial charge in [0.2, 0.25) is 0 Å². The Morgan fingerprint density at radius 2 is 1.82 bits per heavy atom. The summed E-state index contributed by atoms with van der Waals surface area (Å²) in [7, 11) is 0. The van der Waals surface area contributed by atoms with Crippen LogP contribution in [0.25, 0.3) is 0 Å². The number of hydrogen-bond acceptors (Lipinski definition) is 1. The summed E-state index contributed by atoms with van der Waals surface area (Å²) in [6, 6.07) is 14.5. The molecule has 1 nitrogen and oxygen atoms in total. The van der Waals surface area contributed by atoms with E-state index in [0.29, 0.717) is 10.6 Å². The van der Waals surface area contributed by atoms with Crippen LogP contribution in [0.15, 0.2) is 48.5 Å². The van der Waals surface area contributed by atoms with E-state index in [-0.39, 0.29) is 0 Å². The number of rotatable bonds is 1. The van der Waals surface area contributed by atoms with Crippen LogP contribution >= 0.6 is 11.6 Å². The lowest BCUT2D eigenvalue weighted by Gasteiger charge is -1.94. The molecule has 0 radical (unpaired) electrons. The topological polar surface area (TPSA) is 17.1 Å². The summed E-state index contributed by atoms with van der Waals surface area (Å²) in [6.45, 7) is 0. The van der Waals surface area contributed by atoms with E-state index in [0.717, 1.165) is 17.4 Å². The van der Waals surface area contributed by atoms with Gasteiger partial charge in [-0.1, -0.05) is 47.7 Å². The van der Waals surface area contributed by atoms with Crippen molar-refractivity contribution in [1.82, 2.24) is 0 Å². The Labute approximate surface area is 105 Å². The highest BCUT2D eigenvalue weighted by molar-refractivity contribution is 6.30. The fourth-order valence-corrected chi connectivity index (χ4v) is 1.61. The van der Waals surface area contributed by atoms with Crippen LogP contribution in [0, 0.1) is 11.8 Å². The van der Waals surface area contributed by atoms with Crippen LogP contribution in [0.2, 0.25) is 5.02 Å². The molecular weight excluding hydrogens is 232 g/mol. The number of carbonyl (C=O) groups is 1. The van der Waals surface area contributed by atoms with Crippen LogP contribution in [0.5, 0.6) is 0 Å². The zero-order valence-corrected chi connectivity index (χ0v) is 9.74. The first-order chi connectivity index (χ1) is 8.29. The molecule has 2 aromatic rings. The van der Waals surface area contributed by atoms with E-state index < -0.39 is 0 Å². The van der Waals surface area contributed by atoms with Crippen molar-refractivity contribution in [2.24, 2.45) is 0 Å². The molecule has 0 heterocycles. The molecule has 0 amide bonds. The van der Waals surface area contributed by atoms with Crippen LogP contribution in [-0.2, 0) is 0 Å². The van der Waals surface area contributed by atoms with Crippen molar-refractivity contribution in [3.05, 3.63) is 70.2 Å². The normalized spacial score (nSPS) is 9.24. The lowest BCUT2D eigenvalue weighted by molar-refractivity contribution is 0.112. The first-order valence-corrected chi connectivity index (χ1v) is 5.49. The van der Waals surface area contributed by atoms with Gasteiger partial charge in [0.15, 0.2) is 6.29 Å². The quantitative estimate of drug-likeness (QED) is 0.550. The number of carbonyl (C=O) groups excluding carboxylic acids is 1. The van der Waals surface area contributed by atoms with Gasteiger partial charge in [-0.2, -0.15) is 0 Å². The molecule has 0 fully saturated rings. The Morgan fingerprint density at radius 3 is 2.59 bits per heavy atom. The van der Waals surface area contributed by atoms with E-state index in [2.05, 4.69) is 11.8 Å². The largest absolute Gasteiger partial charge is 0.298 e. The third-order valence-electron chi connectivity index (χ3n) is 2.25. The summed E-state index contributed by atoms with van der Waals surface area (Å²) in [5, 5.41) is 0.653. The molecule has 0 aliphatic carbocycles. The zero-order valence-electron chi connectivity index (χ0n) is 8.98. The maximum Gasteiger partial charge on any atom is 0.151 e. The number of benzene rings is 2. The lowest BCUT2D eigenvalue weighted by Crippen LogP contribution is -1.85. The molecule has 82 valence electrons. The highest BCUT2D eigenvalue weighted by Gasteiger charge is 1.95. The molecule has 0 saturated heterocycles. The molecule has 17 heavy (non-hydrogen) atoms. The maximum atomic E-state index is 10.8. The van der Waals surface area contributed by atoms with Crippen molar-refractivity contribution < 1.29 is 4.79 Å². The van der Waals surface area contributed by atoms with Crippen LogP contribution < -0.4 is 0 Å². The second-order valence-electron chi connectivity index (χ2n) is 3.47. The van der Waals surface area contributed by atoms with Gasteiger partial charge in [0, 0.05) is 21.7 Å². The minimum atomic E-state index is 0.599. The van der Waals surface area contributed by atoms with Gasteiger partial charge in [0.05, 0.1) is 0 Å². The molecule has 0 unspecified atom stereocenters. The molecule has 0 spiro atoms. The minimum absolute atomic E-state index is 0.599. The van der Waals surface area contributed by atoms with Gasteiger partial charge in [-0.25, -0.2) is 0 Å². The van der Waals surface area contributed by atoms with Crippen molar-refractivity contribution in [2.45, 2.75) is 0 Å². The van der Waals surface area contributed by atoms with E-state index >= 15 is 0 Å². The predicted molar refractivity (Wildman–Crippen MR) is 69.3 cm³/mol. The lowest BCUT2D eigenvalue weighted by atomic mass is 10.1. The van der Waals surface area contributed by atoms with E-state index in [1.54, 1.807) is 18.2 Å². The Balaban J connectivity index is 2.36. The Kier molecular flexibility index (Phi) is 3.59. The smallest absolute Gasteiger partial charge is 0.151 e. The summed E-state index contributed by atoms with van der Waals surface area (Å²) in [6.07, 6.45) is 0.808. The van der Waals surface area contributed by atoms with E-state index in [4.69, 9.17) is 11.6 Å². The summed E-state index contributed by atoms with van der Waals surface area (Å²) < 4.78 is 0. The summed E-state index contributed by atoms with van der Waals surface area (Å²) in [4.78, 5) is 10.8. The fourth-order valence-electron chi connectivity index (χ4n) is 1.42. The van der Waals surface area contributed by atoms with Gasteiger partial charge < -0.3 is 0 Å². The maximum absolute atomic E-state index is 10.8. The third-order valence-corrected chi connectivity index (χ3v) is 2.49. The molecule has 0 saturated carbocycles.